The average molecular weight is 237 g/mol. The van der Waals surface area contributed by atoms with Crippen molar-refractivity contribution in [3.63, 3.8) is 0 Å². The minimum atomic E-state index is -0.736. The molecule has 0 amide bonds. The van der Waals surface area contributed by atoms with Crippen molar-refractivity contribution in [2.75, 3.05) is 0 Å². The van der Waals surface area contributed by atoms with Crippen molar-refractivity contribution in [3.8, 4) is 0 Å². The molecule has 1 N–H and O–H groups in total. The highest BCUT2D eigenvalue weighted by Gasteiger charge is 2.13. The highest BCUT2D eigenvalue weighted by Crippen LogP contribution is 2.24. The maximum atomic E-state index is 13.0. The third kappa shape index (κ3) is 1.49. The van der Waals surface area contributed by atoms with E-state index in [-0.39, 0.29) is 10.0 Å². The quantitative estimate of drug-likeness (QED) is 0.744. The Bertz CT molecular complexity index is 286. The van der Waals surface area contributed by atoms with E-state index in [2.05, 4.69) is 15.9 Å². The summed E-state index contributed by atoms with van der Waals surface area (Å²) in [7, 11) is 0. The van der Waals surface area contributed by atoms with E-state index in [1.165, 1.54) is 13.0 Å². The van der Waals surface area contributed by atoms with Crippen molar-refractivity contribution in [2.24, 2.45) is 0 Å². The maximum Gasteiger partial charge on any atom is 0.145 e. The van der Waals surface area contributed by atoms with Gasteiger partial charge in [-0.15, -0.1) is 0 Å². The summed E-state index contributed by atoms with van der Waals surface area (Å²) in [6.07, 6.45) is 0. The molecule has 0 saturated carbocycles. The van der Waals surface area contributed by atoms with Crippen LogP contribution in [0.4, 0.5) is 8.78 Å². The normalized spacial score (nSPS) is 10.4. The molecule has 0 atom stereocenters. The molecule has 0 aliphatic heterocycles. The molecule has 1 aromatic carbocycles. The van der Waals surface area contributed by atoms with Gasteiger partial charge < -0.3 is 5.11 Å². The van der Waals surface area contributed by atoms with Crippen molar-refractivity contribution in [1.29, 1.82) is 0 Å². The molecule has 0 spiro atoms. The van der Waals surface area contributed by atoms with Crippen molar-refractivity contribution in [2.45, 2.75) is 13.5 Å². The zero-order valence-electron chi connectivity index (χ0n) is 6.37. The van der Waals surface area contributed by atoms with Crippen LogP contribution in [0.5, 0.6) is 0 Å². The third-order valence-electron chi connectivity index (χ3n) is 1.59. The molecule has 0 aliphatic rings. The summed E-state index contributed by atoms with van der Waals surface area (Å²) in [6.45, 7) is 0.886. The first-order valence-electron chi connectivity index (χ1n) is 3.31. The van der Waals surface area contributed by atoms with Gasteiger partial charge in [0.15, 0.2) is 0 Å². The van der Waals surface area contributed by atoms with Gasteiger partial charge in [-0.05, 0) is 34.5 Å². The topological polar surface area (TPSA) is 20.2 Å². The number of halogens is 3. The van der Waals surface area contributed by atoms with Gasteiger partial charge in [0, 0.05) is 0 Å². The molecule has 0 heterocycles. The highest BCUT2D eigenvalue weighted by molar-refractivity contribution is 9.10. The van der Waals surface area contributed by atoms with E-state index in [0.717, 1.165) is 0 Å². The van der Waals surface area contributed by atoms with E-state index in [1.54, 1.807) is 0 Å². The second-order valence-corrected chi connectivity index (χ2v) is 3.29. The van der Waals surface area contributed by atoms with Crippen LogP contribution in [0, 0.1) is 18.6 Å². The Morgan fingerprint density at radius 2 is 2.00 bits per heavy atom. The summed E-state index contributed by atoms with van der Waals surface area (Å²) in [6, 6.07) is 1.34. The summed E-state index contributed by atoms with van der Waals surface area (Å²) >= 11 is 2.92. The molecule has 0 unspecified atom stereocenters. The van der Waals surface area contributed by atoms with Crippen molar-refractivity contribution >= 4 is 15.9 Å². The van der Waals surface area contributed by atoms with Crippen LogP contribution < -0.4 is 0 Å². The second kappa shape index (κ2) is 3.49. The first kappa shape index (κ1) is 9.61. The van der Waals surface area contributed by atoms with Crippen LogP contribution >= 0.6 is 15.9 Å². The third-order valence-corrected chi connectivity index (χ3v) is 2.16. The van der Waals surface area contributed by atoms with Gasteiger partial charge in [0.1, 0.15) is 11.6 Å². The fourth-order valence-electron chi connectivity index (χ4n) is 0.934. The van der Waals surface area contributed by atoms with Crippen LogP contribution in [0.15, 0.2) is 10.5 Å². The fourth-order valence-corrected chi connectivity index (χ4v) is 1.52. The predicted octanol–water partition coefficient (Wildman–Crippen LogP) is 2.53. The smallest absolute Gasteiger partial charge is 0.145 e. The van der Waals surface area contributed by atoms with E-state index in [1.807, 2.05) is 0 Å². The molecule has 0 aromatic heterocycles. The van der Waals surface area contributed by atoms with E-state index in [0.29, 0.717) is 5.56 Å². The second-order valence-electron chi connectivity index (χ2n) is 2.44. The summed E-state index contributed by atoms with van der Waals surface area (Å²) in [5, 5.41) is 8.65. The molecule has 1 nitrogen and oxygen atoms in total. The lowest BCUT2D eigenvalue weighted by Crippen LogP contribution is -1.98. The molecule has 0 saturated heterocycles. The molecule has 0 radical (unpaired) electrons. The van der Waals surface area contributed by atoms with Gasteiger partial charge in [-0.3, -0.25) is 0 Å². The van der Waals surface area contributed by atoms with Crippen LogP contribution in [-0.4, -0.2) is 5.11 Å². The van der Waals surface area contributed by atoms with Gasteiger partial charge in [-0.2, -0.15) is 0 Å². The summed E-state index contributed by atoms with van der Waals surface area (Å²) in [5.41, 5.74) is 0.0224. The average Bonchev–Trinajstić information content (AvgIpc) is 2.02. The van der Waals surface area contributed by atoms with E-state index < -0.39 is 18.2 Å². The number of hydrogen-bond acceptors (Lipinski definition) is 1. The molecule has 12 heavy (non-hydrogen) atoms. The zero-order valence-corrected chi connectivity index (χ0v) is 7.95. The van der Waals surface area contributed by atoms with E-state index in [9.17, 15) is 8.78 Å². The SMILES string of the molecule is Cc1cc(Br)c(F)c(CO)c1F. The summed E-state index contributed by atoms with van der Waals surface area (Å²) in [5.74, 6) is -1.42. The molecular formula is C8H7BrF2O. The van der Waals surface area contributed by atoms with E-state index in [4.69, 9.17) is 5.11 Å². The predicted molar refractivity (Wildman–Crippen MR) is 44.7 cm³/mol. The minimum absolute atomic E-state index is 0.172. The number of benzene rings is 1. The number of aliphatic hydroxyl groups is 1. The lowest BCUT2D eigenvalue weighted by atomic mass is 10.1. The van der Waals surface area contributed by atoms with Gasteiger partial charge in [-0.1, -0.05) is 0 Å². The van der Waals surface area contributed by atoms with Crippen LogP contribution in [0.1, 0.15) is 11.1 Å². The molecule has 0 bridgehead atoms. The fraction of sp³-hybridized carbons (Fsp3) is 0.250. The first-order chi connectivity index (χ1) is 5.57. The Kier molecular flexibility index (Phi) is 2.80. The van der Waals surface area contributed by atoms with Crippen LogP contribution in [-0.2, 0) is 6.61 Å². The Morgan fingerprint density at radius 1 is 1.42 bits per heavy atom. The van der Waals surface area contributed by atoms with Crippen LogP contribution in [0.3, 0.4) is 0 Å². The molecular weight excluding hydrogens is 230 g/mol. The van der Waals surface area contributed by atoms with Gasteiger partial charge >= 0.3 is 0 Å². The molecule has 1 rings (SSSR count). The Morgan fingerprint density at radius 3 is 2.50 bits per heavy atom. The van der Waals surface area contributed by atoms with Gasteiger partial charge in [-0.25, -0.2) is 8.78 Å². The highest BCUT2D eigenvalue weighted by atomic mass is 79.9. The van der Waals surface area contributed by atoms with Crippen molar-refractivity contribution in [3.05, 3.63) is 33.3 Å². The molecule has 1 aromatic rings. The molecule has 4 heteroatoms. The lowest BCUT2D eigenvalue weighted by molar-refractivity contribution is 0.268. The molecule has 0 fully saturated rings. The van der Waals surface area contributed by atoms with Gasteiger partial charge in [0.25, 0.3) is 0 Å². The zero-order chi connectivity index (χ0) is 9.30. The van der Waals surface area contributed by atoms with E-state index >= 15 is 0 Å². The van der Waals surface area contributed by atoms with Crippen molar-refractivity contribution < 1.29 is 13.9 Å². The maximum absolute atomic E-state index is 13.0. The standard InChI is InChI=1S/C8H7BrF2O/c1-4-2-6(9)8(11)5(3-12)7(4)10/h2,12H,3H2,1H3. The summed E-state index contributed by atoms with van der Waals surface area (Å²) in [4.78, 5) is 0. The minimum Gasteiger partial charge on any atom is -0.391 e. The number of aliphatic hydroxyl groups excluding tert-OH is 1. The Hall–Kier alpha value is -0.480. The summed E-state index contributed by atoms with van der Waals surface area (Å²) < 4.78 is 26.2. The van der Waals surface area contributed by atoms with Crippen LogP contribution in [0.2, 0.25) is 0 Å². The number of hydrogen-bond donors (Lipinski definition) is 1. The first-order valence-corrected chi connectivity index (χ1v) is 4.11. The molecule has 0 aliphatic carbocycles. The van der Waals surface area contributed by atoms with Crippen LogP contribution in [0.25, 0.3) is 0 Å². The molecule has 66 valence electrons. The number of aryl methyl sites for hydroxylation is 1. The number of rotatable bonds is 1. The van der Waals surface area contributed by atoms with Gasteiger partial charge in [0.05, 0.1) is 16.6 Å². The monoisotopic (exact) mass is 236 g/mol. The van der Waals surface area contributed by atoms with Gasteiger partial charge in [0.2, 0.25) is 0 Å². The largest absolute Gasteiger partial charge is 0.391 e. The lowest BCUT2D eigenvalue weighted by Gasteiger charge is -2.05. The Labute approximate surface area is 77.2 Å². The van der Waals surface area contributed by atoms with Crippen molar-refractivity contribution in [1.82, 2.24) is 0 Å². The Balaban J connectivity index is 3.42.